The van der Waals surface area contributed by atoms with Gasteiger partial charge in [-0.3, -0.25) is 9.36 Å². The number of aldehydes is 1. The second-order valence-corrected chi connectivity index (χ2v) is 6.08. The molecule has 0 radical (unpaired) electrons. The maximum atomic E-state index is 12.3. The van der Waals surface area contributed by atoms with Crippen LogP contribution >= 0.6 is 0 Å². The van der Waals surface area contributed by atoms with Crippen LogP contribution in [0.25, 0.3) is 10.9 Å². The third-order valence-corrected chi connectivity index (χ3v) is 3.17. The molecule has 0 amide bonds. The maximum Gasteiger partial charge on any atom is 0.419 e. The molecule has 118 valence electrons. The molecule has 1 aromatic heterocycles. The minimum absolute atomic E-state index is 0.449. The molecule has 1 heterocycles. The van der Waals surface area contributed by atoms with Gasteiger partial charge >= 0.3 is 6.09 Å². The highest BCUT2D eigenvalue weighted by Gasteiger charge is 2.21. The zero-order chi connectivity index (χ0) is 16.5. The fourth-order valence-electron chi connectivity index (χ4n) is 2.39. The summed E-state index contributed by atoms with van der Waals surface area (Å²) in [5, 5.41) is 0.685. The SMILES string of the molecule is CCOc1cc(C)c2c(ccn2C(=O)OC(C)(C)C)c1C=O. The monoisotopic (exact) mass is 303 g/mol. The molecule has 0 spiro atoms. The van der Waals surface area contributed by atoms with Crippen molar-refractivity contribution in [1.82, 2.24) is 4.57 Å². The van der Waals surface area contributed by atoms with Gasteiger partial charge in [0.05, 0.1) is 17.7 Å². The van der Waals surface area contributed by atoms with E-state index in [0.29, 0.717) is 28.8 Å². The van der Waals surface area contributed by atoms with Gasteiger partial charge < -0.3 is 9.47 Å². The van der Waals surface area contributed by atoms with Crippen LogP contribution in [-0.2, 0) is 4.74 Å². The van der Waals surface area contributed by atoms with Gasteiger partial charge in [-0.05, 0) is 52.3 Å². The van der Waals surface area contributed by atoms with Gasteiger partial charge in [-0.1, -0.05) is 0 Å². The lowest BCUT2D eigenvalue weighted by molar-refractivity contribution is 0.0544. The van der Waals surface area contributed by atoms with E-state index in [-0.39, 0.29) is 0 Å². The van der Waals surface area contributed by atoms with Gasteiger partial charge in [0.2, 0.25) is 0 Å². The standard InChI is InChI=1S/C17H21NO4/c1-6-21-14-9-11(2)15-12(13(14)10-19)7-8-18(15)16(20)22-17(3,4)5/h7-10H,6H2,1-5H3. The van der Waals surface area contributed by atoms with Gasteiger partial charge in [0.25, 0.3) is 0 Å². The van der Waals surface area contributed by atoms with Crippen molar-refractivity contribution in [3.05, 3.63) is 29.5 Å². The first-order chi connectivity index (χ1) is 10.3. The van der Waals surface area contributed by atoms with Gasteiger partial charge in [0.1, 0.15) is 11.4 Å². The van der Waals surface area contributed by atoms with Crippen LogP contribution < -0.4 is 4.74 Å². The fraction of sp³-hybridized carbons (Fsp3) is 0.412. The molecule has 0 saturated carbocycles. The van der Waals surface area contributed by atoms with Crippen molar-refractivity contribution in [3.63, 3.8) is 0 Å². The largest absolute Gasteiger partial charge is 0.493 e. The lowest BCUT2D eigenvalue weighted by Gasteiger charge is -2.20. The molecule has 2 rings (SSSR count). The number of benzene rings is 1. The third-order valence-electron chi connectivity index (χ3n) is 3.17. The Labute approximate surface area is 129 Å². The number of carbonyl (C=O) groups excluding carboxylic acids is 2. The summed E-state index contributed by atoms with van der Waals surface area (Å²) in [6, 6.07) is 3.51. The molecule has 0 aliphatic rings. The van der Waals surface area contributed by atoms with E-state index in [1.54, 1.807) is 18.3 Å². The minimum Gasteiger partial charge on any atom is -0.493 e. The predicted molar refractivity (Wildman–Crippen MR) is 84.9 cm³/mol. The minimum atomic E-state index is -0.583. The quantitative estimate of drug-likeness (QED) is 0.806. The van der Waals surface area contributed by atoms with Crippen LogP contribution in [0.15, 0.2) is 18.3 Å². The van der Waals surface area contributed by atoms with Crippen LogP contribution in [0.1, 0.15) is 43.6 Å². The molecule has 0 aliphatic heterocycles. The molecule has 0 fully saturated rings. The number of nitrogens with zero attached hydrogens (tertiary/aromatic N) is 1. The Kier molecular flexibility index (Phi) is 4.26. The molecule has 2 aromatic rings. The first kappa shape index (κ1) is 16.1. The van der Waals surface area contributed by atoms with Gasteiger partial charge in [0.15, 0.2) is 6.29 Å². The number of fused-ring (bicyclic) bond motifs is 1. The smallest absolute Gasteiger partial charge is 0.419 e. The molecule has 0 bridgehead atoms. The van der Waals surface area contributed by atoms with Crippen LogP contribution in [0, 0.1) is 6.92 Å². The van der Waals surface area contributed by atoms with Crippen molar-refractivity contribution in [3.8, 4) is 5.75 Å². The van der Waals surface area contributed by atoms with E-state index < -0.39 is 11.7 Å². The van der Waals surface area contributed by atoms with Gasteiger partial charge in [-0.15, -0.1) is 0 Å². The summed E-state index contributed by atoms with van der Waals surface area (Å²) in [5.41, 5.74) is 1.38. The second kappa shape index (κ2) is 5.83. The Hall–Kier alpha value is -2.30. The Morgan fingerprint density at radius 2 is 2.05 bits per heavy atom. The number of hydrogen-bond acceptors (Lipinski definition) is 4. The summed E-state index contributed by atoms with van der Waals surface area (Å²) >= 11 is 0. The lowest BCUT2D eigenvalue weighted by Crippen LogP contribution is -2.26. The summed E-state index contributed by atoms with van der Waals surface area (Å²) in [6.07, 6.45) is 1.91. The number of aryl methyl sites for hydroxylation is 1. The number of aromatic nitrogens is 1. The first-order valence-electron chi connectivity index (χ1n) is 7.24. The van der Waals surface area contributed by atoms with E-state index >= 15 is 0 Å². The van der Waals surface area contributed by atoms with Crippen molar-refractivity contribution in [1.29, 1.82) is 0 Å². The number of rotatable bonds is 3. The second-order valence-electron chi connectivity index (χ2n) is 6.08. The highest BCUT2D eigenvalue weighted by atomic mass is 16.6. The Morgan fingerprint density at radius 1 is 1.36 bits per heavy atom. The summed E-state index contributed by atoms with van der Waals surface area (Å²) < 4.78 is 12.3. The summed E-state index contributed by atoms with van der Waals surface area (Å²) in [4.78, 5) is 23.7. The zero-order valence-corrected chi connectivity index (χ0v) is 13.6. The normalized spacial score (nSPS) is 11.5. The van der Waals surface area contributed by atoms with E-state index in [0.717, 1.165) is 11.8 Å². The number of hydrogen-bond donors (Lipinski definition) is 0. The highest BCUT2D eigenvalue weighted by molar-refractivity contribution is 6.03. The number of carbonyl (C=O) groups is 2. The van der Waals surface area contributed by atoms with Gasteiger partial charge in [0, 0.05) is 11.6 Å². The first-order valence-corrected chi connectivity index (χ1v) is 7.24. The molecular weight excluding hydrogens is 282 g/mol. The summed E-state index contributed by atoms with van der Waals surface area (Å²) in [5.74, 6) is 0.532. The van der Waals surface area contributed by atoms with Crippen LogP contribution in [0.3, 0.4) is 0 Å². The molecule has 0 aliphatic carbocycles. The molecule has 5 heteroatoms. The molecule has 0 saturated heterocycles. The van der Waals surface area contributed by atoms with Crippen molar-refractivity contribution in [2.75, 3.05) is 6.61 Å². The van der Waals surface area contributed by atoms with Crippen LogP contribution in [0.2, 0.25) is 0 Å². The Morgan fingerprint density at radius 3 is 2.59 bits per heavy atom. The average Bonchev–Trinajstić information content (AvgIpc) is 2.83. The van der Waals surface area contributed by atoms with Crippen molar-refractivity contribution >= 4 is 23.3 Å². The predicted octanol–water partition coefficient (Wildman–Crippen LogP) is 3.94. The van der Waals surface area contributed by atoms with E-state index in [2.05, 4.69) is 0 Å². The van der Waals surface area contributed by atoms with Crippen molar-refractivity contribution in [2.24, 2.45) is 0 Å². The maximum absolute atomic E-state index is 12.3. The molecule has 22 heavy (non-hydrogen) atoms. The van der Waals surface area contributed by atoms with E-state index in [1.165, 1.54) is 4.57 Å². The van der Waals surface area contributed by atoms with Crippen molar-refractivity contribution < 1.29 is 19.1 Å². The average molecular weight is 303 g/mol. The van der Waals surface area contributed by atoms with Crippen LogP contribution in [-0.4, -0.2) is 29.2 Å². The van der Waals surface area contributed by atoms with Crippen LogP contribution in [0.5, 0.6) is 5.75 Å². The van der Waals surface area contributed by atoms with Crippen molar-refractivity contribution in [2.45, 2.75) is 40.2 Å². The highest BCUT2D eigenvalue weighted by Crippen LogP contribution is 2.31. The van der Waals surface area contributed by atoms with Gasteiger partial charge in [-0.25, -0.2) is 4.79 Å². The number of ether oxygens (including phenoxy) is 2. The molecule has 0 atom stereocenters. The van der Waals surface area contributed by atoms with Gasteiger partial charge in [-0.2, -0.15) is 0 Å². The molecule has 0 unspecified atom stereocenters. The Balaban J connectivity index is 2.61. The molecule has 0 N–H and O–H groups in total. The van der Waals surface area contributed by atoms with E-state index in [9.17, 15) is 9.59 Å². The third kappa shape index (κ3) is 2.98. The summed E-state index contributed by atoms with van der Waals surface area (Å²) in [6.45, 7) is 9.65. The molecular formula is C17H21NO4. The summed E-state index contributed by atoms with van der Waals surface area (Å²) in [7, 11) is 0. The Bertz CT molecular complexity index is 722. The fourth-order valence-corrected chi connectivity index (χ4v) is 2.39. The van der Waals surface area contributed by atoms with E-state index in [1.807, 2.05) is 34.6 Å². The zero-order valence-electron chi connectivity index (χ0n) is 13.6. The van der Waals surface area contributed by atoms with E-state index in [4.69, 9.17) is 9.47 Å². The molecule has 5 nitrogen and oxygen atoms in total. The van der Waals surface area contributed by atoms with Crippen LogP contribution in [0.4, 0.5) is 4.79 Å². The molecule has 1 aromatic carbocycles. The topological polar surface area (TPSA) is 57.5 Å². The lowest BCUT2D eigenvalue weighted by atomic mass is 10.1.